The first kappa shape index (κ1) is 15.0. The molecule has 2 amide bonds. The fourth-order valence-corrected chi connectivity index (χ4v) is 4.04. The van der Waals surface area contributed by atoms with Crippen LogP contribution in [0.4, 0.5) is 4.79 Å². The van der Waals surface area contributed by atoms with E-state index in [-0.39, 0.29) is 12.1 Å². The molecule has 3 aliphatic rings. The smallest absolute Gasteiger partial charge is 0.318 e. The molecule has 1 aromatic rings. The molecular formula is C19H27N3O. The molecule has 0 unspecified atom stereocenters. The molecule has 1 aliphatic heterocycles. The molecular weight excluding hydrogens is 286 g/mol. The summed E-state index contributed by atoms with van der Waals surface area (Å²) in [6.45, 7) is 0.876. The van der Waals surface area contributed by atoms with Gasteiger partial charge < -0.3 is 10.2 Å². The van der Waals surface area contributed by atoms with Crippen LogP contribution in [0.1, 0.15) is 63.0 Å². The standard InChI is InChI=1S/C19H27N3O/c23-19(21-18(15-5-6-15)16-7-8-16)22-13-3-1-2-4-17(22)14-9-11-20-12-10-14/h9-12,15-18H,1-8,13H2,(H,21,23)/t17-/m0/s1. The Morgan fingerprint density at radius 2 is 1.74 bits per heavy atom. The molecule has 0 radical (unpaired) electrons. The van der Waals surface area contributed by atoms with Crippen molar-refractivity contribution in [3.8, 4) is 0 Å². The first-order valence-electron chi connectivity index (χ1n) is 9.30. The van der Waals surface area contributed by atoms with E-state index in [1.54, 1.807) is 0 Å². The summed E-state index contributed by atoms with van der Waals surface area (Å²) in [5.41, 5.74) is 1.23. The van der Waals surface area contributed by atoms with Gasteiger partial charge in [0, 0.05) is 25.0 Å². The van der Waals surface area contributed by atoms with Crippen LogP contribution < -0.4 is 5.32 Å². The number of carbonyl (C=O) groups excluding carboxylic acids is 1. The highest BCUT2D eigenvalue weighted by molar-refractivity contribution is 5.75. The van der Waals surface area contributed by atoms with Crippen molar-refractivity contribution in [1.82, 2.24) is 15.2 Å². The van der Waals surface area contributed by atoms with Crippen molar-refractivity contribution in [3.05, 3.63) is 30.1 Å². The van der Waals surface area contributed by atoms with Gasteiger partial charge in [-0.05, 0) is 68.1 Å². The van der Waals surface area contributed by atoms with Crippen molar-refractivity contribution in [1.29, 1.82) is 0 Å². The monoisotopic (exact) mass is 313 g/mol. The normalized spacial score (nSPS) is 25.3. The third-order valence-corrected chi connectivity index (χ3v) is 5.65. The largest absolute Gasteiger partial charge is 0.335 e. The van der Waals surface area contributed by atoms with Gasteiger partial charge >= 0.3 is 6.03 Å². The number of carbonyl (C=O) groups is 1. The van der Waals surface area contributed by atoms with E-state index >= 15 is 0 Å². The predicted octanol–water partition coefficient (Wildman–Crippen LogP) is 3.90. The van der Waals surface area contributed by atoms with Crippen molar-refractivity contribution in [2.75, 3.05) is 6.54 Å². The number of aromatic nitrogens is 1. The number of nitrogens with one attached hydrogen (secondary N) is 1. The average Bonchev–Trinajstić information content (AvgIpc) is 3.46. The van der Waals surface area contributed by atoms with Crippen LogP contribution >= 0.6 is 0 Å². The van der Waals surface area contributed by atoms with Gasteiger partial charge in [0.25, 0.3) is 0 Å². The number of rotatable bonds is 4. The lowest BCUT2D eigenvalue weighted by Crippen LogP contribution is -2.47. The van der Waals surface area contributed by atoms with Crippen molar-refractivity contribution >= 4 is 6.03 Å². The highest BCUT2D eigenvalue weighted by Crippen LogP contribution is 2.44. The number of likely N-dealkylation sites (tertiary alicyclic amines) is 1. The summed E-state index contributed by atoms with van der Waals surface area (Å²) in [6.07, 6.45) is 13.5. The van der Waals surface area contributed by atoms with Gasteiger partial charge in [0.1, 0.15) is 0 Å². The second-order valence-electron chi connectivity index (χ2n) is 7.49. The number of hydrogen-bond donors (Lipinski definition) is 1. The summed E-state index contributed by atoms with van der Waals surface area (Å²) in [4.78, 5) is 19.2. The molecule has 23 heavy (non-hydrogen) atoms. The quantitative estimate of drug-likeness (QED) is 0.916. The van der Waals surface area contributed by atoms with Crippen LogP contribution in [0.25, 0.3) is 0 Å². The van der Waals surface area contributed by atoms with Crippen molar-refractivity contribution in [3.63, 3.8) is 0 Å². The van der Waals surface area contributed by atoms with Gasteiger partial charge in [-0.3, -0.25) is 4.98 Å². The van der Waals surface area contributed by atoms with E-state index in [9.17, 15) is 4.79 Å². The molecule has 0 aromatic carbocycles. The molecule has 2 heterocycles. The summed E-state index contributed by atoms with van der Waals surface area (Å²) >= 11 is 0. The van der Waals surface area contributed by atoms with Gasteiger partial charge in [-0.1, -0.05) is 12.8 Å². The van der Waals surface area contributed by atoms with Gasteiger partial charge in [-0.15, -0.1) is 0 Å². The van der Waals surface area contributed by atoms with Crippen LogP contribution in [0.5, 0.6) is 0 Å². The molecule has 124 valence electrons. The fraction of sp³-hybridized carbons (Fsp3) is 0.684. The number of nitrogens with zero attached hydrogens (tertiary/aromatic N) is 2. The first-order chi connectivity index (χ1) is 11.3. The molecule has 3 fully saturated rings. The Labute approximate surface area is 138 Å². The Balaban J connectivity index is 1.49. The molecule has 4 heteroatoms. The van der Waals surface area contributed by atoms with Gasteiger partial charge in [-0.25, -0.2) is 4.79 Å². The molecule has 4 rings (SSSR count). The van der Waals surface area contributed by atoms with E-state index in [0.29, 0.717) is 6.04 Å². The van der Waals surface area contributed by atoms with Crippen molar-refractivity contribution in [2.24, 2.45) is 11.8 Å². The van der Waals surface area contributed by atoms with Crippen LogP contribution in [-0.4, -0.2) is 28.5 Å². The van der Waals surface area contributed by atoms with Gasteiger partial charge in [-0.2, -0.15) is 0 Å². The topological polar surface area (TPSA) is 45.2 Å². The average molecular weight is 313 g/mol. The number of urea groups is 1. The van der Waals surface area contributed by atoms with Gasteiger partial charge in [0.05, 0.1) is 6.04 Å². The van der Waals surface area contributed by atoms with Crippen LogP contribution in [-0.2, 0) is 0 Å². The van der Waals surface area contributed by atoms with Gasteiger partial charge in [0.2, 0.25) is 0 Å². The van der Waals surface area contributed by atoms with Crippen LogP contribution in [0.3, 0.4) is 0 Å². The van der Waals surface area contributed by atoms with Crippen LogP contribution in [0.2, 0.25) is 0 Å². The number of hydrogen-bond acceptors (Lipinski definition) is 2. The molecule has 2 saturated carbocycles. The summed E-state index contributed by atoms with van der Waals surface area (Å²) in [5, 5.41) is 3.41. The lowest BCUT2D eigenvalue weighted by Gasteiger charge is -2.32. The van der Waals surface area contributed by atoms with E-state index < -0.39 is 0 Å². The lowest BCUT2D eigenvalue weighted by atomic mass is 10.0. The predicted molar refractivity (Wildman–Crippen MR) is 89.9 cm³/mol. The molecule has 4 nitrogen and oxygen atoms in total. The molecule has 2 aliphatic carbocycles. The third kappa shape index (κ3) is 3.51. The van der Waals surface area contributed by atoms with E-state index in [1.807, 2.05) is 12.4 Å². The Bertz CT molecular complexity index is 527. The minimum absolute atomic E-state index is 0.164. The van der Waals surface area contributed by atoms with Crippen LogP contribution in [0, 0.1) is 11.8 Å². The second kappa shape index (κ2) is 6.50. The molecule has 1 N–H and O–H groups in total. The molecule has 0 spiro atoms. The Morgan fingerprint density at radius 3 is 2.39 bits per heavy atom. The lowest BCUT2D eigenvalue weighted by molar-refractivity contribution is 0.169. The maximum absolute atomic E-state index is 13.0. The zero-order chi connectivity index (χ0) is 15.6. The zero-order valence-corrected chi connectivity index (χ0v) is 13.8. The maximum Gasteiger partial charge on any atom is 0.318 e. The van der Waals surface area contributed by atoms with E-state index in [4.69, 9.17) is 0 Å². The highest BCUT2D eigenvalue weighted by atomic mass is 16.2. The second-order valence-corrected chi connectivity index (χ2v) is 7.49. The fourth-order valence-electron chi connectivity index (χ4n) is 4.04. The highest BCUT2D eigenvalue weighted by Gasteiger charge is 2.43. The SMILES string of the molecule is O=C(NC(C1CC1)C1CC1)N1CCCCC[C@H]1c1ccncc1. The van der Waals surface area contributed by atoms with Gasteiger partial charge in [0.15, 0.2) is 0 Å². The van der Waals surface area contributed by atoms with E-state index in [0.717, 1.165) is 31.2 Å². The maximum atomic E-state index is 13.0. The van der Waals surface area contributed by atoms with E-state index in [1.165, 1.54) is 44.1 Å². The minimum Gasteiger partial charge on any atom is -0.335 e. The number of amides is 2. The van der Waals surface area contributed by atoms with Crippen LogP contribution in [0.15, 0.2) is 24.5 Å². The van der Waals surface area contributed by atoms with E-state index in [2.05, 4.69) is 27.3 Å². The molecule has 1 aromatic heterocycles. The zero-order valence-electron chi connectivity index (χ0n) is 13.8. The van der Waals surface area contributed by atoms with Crippen molar-refractivity contribution in [2.45, 2.75) is 63.5 Å². The number of pyridine rings is 1. The molecule has 1 atom stereocenters. The minimum atomic E-state index is 0.164. The van der Waals surface area contributed by atoms with Crippen molar-refractivity contribution < 1.29 is 4.79 Å². The molecule has 0 bridgehead atoms. The first-order valence-corrected chi connectivity index (χ1v) is 9.30. The summed E-state index contributed by atoms with van der Waals surface area (Å²) < 4.78 is 0. The summed E-state index contributed by atoms with van der Waals surface area (Å²) in [5.74, 6) is 1.50. The third-order valence-electron chi connectivity index (χ3n) is 5.65. The summed E-state index contributed by atoms with van der Waals surface area (Å²) in [6, 6.07) is 4.94. The summed E-state index contributed by atoms with van der Waals surface area (Å²) in [7, 11) is 0. The Kier molecular flexibility index (Phi) is 4.23. The Morgan fingerprint density at radius 1 is 1.04 bits per heavy atom. The molecule has 1 saturated heterocycles. The Hall–Kier alpha value is -1.58.